The van der Waals surface area contributed by atoms with Gasteiger partial charge in [-0.2, -0.15) is 0 Å². The Balaban J connectivity index is 1.85. The Morgan fingerprint density at radius 3 is 2.35 bits per heavy atom. The average molecular weight is 503 g/mol. The molecule has 1 amide bonds. The van der Waals surface area contributed by atoms with E-state index in [0.717, 1.165) is 0 Å². The van der Waals surface area contributed by atoms with Crippen molar-refractivity contribution >= 4 is 29.1 Å². The summed E-state index contributed by atoms with van der Waals surface area (Å²) in [6, 6.07) is 13.3. The van der Waals surface area contributed by atoms with Gasteiger partial charge in [-0.25, -0.2) is 4.79 Å². The molecule has 0 bridgehead atoms. The van der Waals surface area contributed by atoms with Crippen LogP contribution in [0.2, 0.25) is 0 Å². The lowest BCUT2D eigenvalue weighted by atomic mass is 9.95. The van der Waals surface area contributed by atoms with Crippen LogP contribution in [0, 0.1) is 0 Å². The zero-order chi connectivity index (χ0) is 26.7. The molecule has 2 heterocycles. The third-order valence-electron chi connectivity index (χ3n) is 5.83. The molecule has 37 heavy (non-hydrogen) atoms. The predicted molar refractivity (Wildman–Crippen MR) is 136 cm³/mol. The number of rotatable bonds is 7. The number of hydrogen-bond donors (Lipinski definition) is 1. The van der Waals surface area contributed by atoms with Crippen LogP contribution in [0.5, 0.6) is 11.5 Å². The molecule has 0 saturated carbocycles. The molecule has 0 radical (unpaired) electrons. The number of anilines is 1. The van der Waals surface area contributed by atoms with E-state index in [9.17, 15) is 19.5 Å². The van der Waals surface area contributed by atoms with Crippen LogP contribution >= 0.6 is 0 Å². The second-order valence-corrected chi connectivity index (χ2v) is 8.52. The maximum absolute atomic E-state index is 13.3. The lowest BCUT2D eigenvalue weighted by Gasteiger charge is -2.25. The minimum atomic E-state index is -0.978. The number of Topliss-reactive ketones (excluding diaryl/α,β-unsaturated/α-hetero) is 1. The van der Waals surface area contributed by atoms with E-state index in [1.807, 2.05) is 0 Å². The van der Waals surface area contributed by atoms with Crippen LogP contribution in [0.1, 0.15) is 41.4 Å². The summed E-state index contributed by atoms with van der Waals surface area (Å²) in [6.07, 6.45) is 2.80. The van der Waals surface area contributed by atoms with Gasteiger partial charge in [-0.15, -0.1) is 0 Å². The van der Waals surface area contributed by atoms with Crippen LogP contribution < -0.4 is 14.4 Å². The number of esters is 1. The van der Waals surface area contributed by atoms with E-state index < -0.39 is 29.5 Å². The molecular formula is C28H26N2O7. The first-order chi connectivity index (χ1) is 17.8. The van der Waals surface area contributed by atoms with Gasteiger partial charge in [0, 0.05) is 24.1 Å². The predicted octanol–water partition coefficient (Wildman–Crippen LogP) is 4.29. The number of carbonyl (C=O) groups is 3. The standard InChI is InChI=1S/C28H26N2O7/c1-16(2)37-28(34)17-7-9-19(10-8-17)30-24(18-6-5-13-29-15-18)23(26(32)27(30)33)25(31)21-12-11-20(35-3)14-22(21)36-4/h5-16,24,31H,1-4H3/b25-23-. The van der Waals surface area contributed by atoms with Gasteiger partial charge in [-0.05, 0) is 61.9 Å². The van der Waals surface area contributed by atoms with Crippen molar-refractivity contribution in [3.63, 3.8) is 0 Å². The summed E-state index contributed by atoms with van der Waals surface area (Å²) in [5.41, 5.74) is 1.28. The molecule has 1 saturated heterocycles. The summed E-state index contributed by atoms with van der Waals surface area (Å²) in [4.78, 5) is 44.3. The van der Waals surface area contributed by atoms with Crippen molar-refractivity contribution < 1.29 is 33.7 Å². The molecule has 1 N–H and O–H groups in total. The summed E-state index contributed by atoms with van der Waals surface area (Å²) in [5, 5.41) is 11.4. The Bertz CT molecular complexity index is 1370. The smallest absolute Gasteiger partial charge is 0.338 e. The number of hydrogen-bond acceptors (Lipinski definition) is 8. The van der Waals surface area contributed by atoms with Crippen molar-refractivity contribution in [3.05, 3.63) is 89.3 Å². The zero-order valence-electron chi connectivity index (χ0n) is 20.8. The fourth-order valence-corrected chi connectivity index (χ4v) is 4.13. The van der Waals surface area contributed by atoms with Crippen LogP contribution in [0.3, 0.4) is 0 Å². The Labute approximate surface area is 213 Å². The van der Waals surface area contributed by atoms with E-state index in [0.29, 0.717) is 22.6 Å². The fourth-order valence-electron chi connectivity index (χ4n) is 4.13. The summed E-state index contributed by atoms with van der Waals surface area (Å²) in [5.74, 6) is -1.84. The molecule has 9 heteroatoms. The number of methoxy groups -OCH3 is 2. The van der Waals surface area contributed by atoms with Crippen molar-refractivity contribution in [2.24, 2.45) is 0 Å². The highest BCUT2D eigenvalue weighted by Crippen LogP contribution is 2.43. The number of amides is 1. The SMILES string of the molecule is COc1ccc(/C(O)=C2/C(=O)C(=O)N(c3ccc(C(=O)OC(C)C)cc3)C2c2cccnc2)c(OC)c1. The van der Waals surface area contributed by atoms with Crippen LogP contribution in [0.4, 0.5) is 5.69 Å². The van der Waals surface area contributed by atoms with Gasteiger partial charge >= 0.3 is 5.97 Å². The highest BCUT2D eigenvalue weighted by Gasteiger charge is 2.47. The number of pyridine rings is 1. The number of aliphatic hydroxyl groups excluding tert-OH is 1. The average Bonchev–Trinajstić information content (AvgIpc) is 3.18. The quantitative estimate of drug-likeness (QED) is 0.220. The Morgan fingerprint density at radius 2 is 1.76 bits per heavy atom. The van der Waals surface area contributed by atoms with Crippen molar-refractivity contribution in [3.8, 4) is 11.5 Å². The molecule has 1 aliphatic heterocycles. The molecule has 9 nitrogen and oxygen atoms in total. The molecule has 3 aromatic rings. The Kier molecular flexibility index (Phi) is 7.24. The molecule has 0 aliphatic carbocycles. The lowest BCUT2D eigenvalue weighted by Crippen LogP contribution is -2.29. The summed E-state index contributed by atoms with van der Waals surface area (Å²) in [7, 11) is 2.92. The second-order valence-electron chi connectivity index (χ2n) is 8.52. The van der Waals surface area contributed by atoms with Crippen LogP contribution in [-0.2, 0) is 14.3 Å². The first kappa shape index (κ1) is 25.4. The van der Waals surface area contributed by atoms with E-state index in [1.54, 1.807) is 62.5 Å². The minimum absolute atomic E-state index is 0.121. The normalized spacial score (nSPS) is 16.7. The van der Waals surface area contributed by atoms with Gasteiger partial charge in [-0.1, -0.05) is 6.07 Å². The highest BCUT2D eigenvalue weighted by atomic mass is 16.5. The van der Waals surface area contributed by atoms with Crippen molar-refractivity contribution in [1.82, 2.24) is 4.98 Å². The molecule has 4 rings (SSSR count). The van der Waals surface area contributed by atoms with Gasteiger partial charge < -0.3 is 19.3 Å². The Hall–Kier alpha value is -4.66. The number of benzene rings is 2. The van der Waals surface area contributed by atoms with Gasteiger partial charge in [0.1, 0.15) is 17.3 Å². The first-order valence-electron chi connectivity index (χ1n) is 11.5. The number of ketones is 1. The number of aliphatic hydroxyl groups is 1. The largest absolute Gasteiger partial charge is 0.507 e. The molecular weight excluding hydrogens is 476 g/mol. The second kappa shape index (κ2) is 10.5. The fraction of sp³-hybridized carbons (Fsp3) is 0.214. The number of ether oxygens (including phenoxy) is 3. The van der Waals surface area contributed by atoms with Gasteiger partial charge in [0.25, 0.3) is 11.7 Å². The van der Waals surface area contributed by atoms with Gasteiger partial charge in [0.2, 0.25) is 0 Å². The lowest BCUT2D eigenvalue weighted by molar-refractivity contribution is -0.132. The van der Waals surface area contributed by atoms with E-state index in [4.69, 9.17) is 14.2 Å². The molecule has 2 aromatic carbocycles. The number of carbonyl (C=O) groups excluding carboxylic acids is 3. The first-order valence-corrected chi connectivity index (χ1v) is 11.5. The molecule has 1 atom stereocenters. The molecule has 1 unspecified atom stereocenters. The third-order valence-corrected chi connectivity index (χ3v) is 5.83. The topological polar surface area (TPSA) is 115 Å². The van der Waals surface area contributed by atoms with Crippen molar-refractivity contribution in [2.75, 3.05) is 19.1 Å². The third kappa shape index (κ3) is 4.88. The van der Waals surface area contributed by atoms with E-state index in [2.05, 4.69) is 4.98 Å². The van der Waals surface area contributed by atoms with Crippen LogP contribution in [0.25, 0.3) is 5.76 Å². The van der Waals surface area contributed by atoms with E-state index in [-0.39, 0.29) is 23.0 Å². The summed E-state index contributed by atoms with van der Waals surface area (Å²) >= 11 is 0. The minimum Gasteiger partial charge on any atom is -0.507 e. The summed E-state index contributed by atoms with van der Waals surface area (Å²) < 4.78 is 15.8. The van der Waals surface area contributed by atoms with Crippen molar-refractivity contribution in [2.45, 2.75) is 26.0 Å². The van der Waals surface area contributed by atoms with E-state index in [1.165, 1.54) is 37.4 Å². The highest BCUT2D eigenvalue weighted by molar-refractivity contribution is 6.51. The van der Waals surface area contributed by atoms with Crippen LogP contribution in [-0.4, -0.2) is 48.1 Å². The summed E-state index contributed by atoms with van der Waals surface area (Å²) in [6.45, 7) is 3.49. The van der Waals surface area contributed by atoms with Crippen molar-refractivity contribution in [1.29, 1.82) is 0 Å². The molecule has 1 aromatic heterocycles. The van der Waals surface area contributed by atoms with Gasteiger partial charge in [-0.3, -0.25) is 19.5 Å². The van der Waals surface area contributed by atoms with Gasteiger partial charge in [0.15, 0.2) is 0 Å². The Morgan fingerprint density at radius 1 is 1.03 bits per heavy atom. The van der Waals surface area contributed by atoms with Crippen LogP contribution in [0.15, 0.2) is 72.6 Å². The molecule has 0 spiro atoms. The number of aromatic nitrogens is 1. The maximum Gasteiger partial charge on any atom is 0.338 e. The van der Waals surface area contributed by atoms with Gasteiger partial charge in [0.05, 0.1) is 43.1 Å². The zero-order valence-corrected chi connectivity index (χ0v) is 20.8. The van der Waals surface area contributed by atoms with E-state index >= 15 is 0 Å². The monoisotopic (exact) mass is 502 g/mol. The maximum atomic E-state index is 13.3. The molecule has 190 valence electrons. The molecule has 1 fully saturated rings. The number of nitrogens with zero attached hydrogens (tertiary/aromatic N) is 2. The molecule has 1 aliphatic rings.